The zero-order valence-electron chi connectivity index (χ0n) is 12.7. The van der Waals surface area contributed by atoms with Crippen LogP contribution in [0.1, 0.15) is 61.9 Å². The molecule has 0 unspecified atom stereocenters. The van der Waals surface area contributed by atoms with Crippen molar-refractivity contribution in [2.75, 3.05) is 5.32 Å². The Labute approximate surface area is 134 Å². The van der Waals surface area contributed by atoms with Crippen molar-refractivity contribution in [3.8, 4) is 0 Å². The van der Waals surface area contributed by atoms with E-state index in [1.54, 1.807) is 11.3 Å². The van der Waals surface area contributed by atoms with Crippen molar-refractivity contribution in [1.82, 2.24) is 4.98 Å². The number of rotatable bonds is 5. The van der Waals surface area contributed by atoms with E-state index in [1.807, 2.05) is 0 Å². The van der Waals surface area contributed by atoms with E-state index in [0.717, 1.165) is 44.2 Å². The lowest BCUT2D eigenvalue weighted by atomic mass is 9.79. The highest BCUT2D eigenvalue weighted by Crippen LogP contribution is 2.44. The van der Waals surface area contributed by atoms with Gasteiger partial charge in [0.25, 0.3) is 0 Å². The predicted octanol–water partition coefficient (Wildman–Crippen LogP) is 3.39. The minimum atomic E-state index is -0.806. The molecule has 1 aromatic rings. The maximum atomic E-state index is 12.3. The fraction of sp³-hybridized carbons (Fsp3) is 0.688. The Hall–Kier alpha value is -1.43. The van der Waals surface area contributed by atoms with Crippen molar-refractivity contribution in [1.29, 1.82) is 0 Å². The Kier molecular flexibility index (Phi) is 4.47. The van der Waals surface area contributed by atoms with Gasteiger partial charge >= 0.3 is 5.97 Å². The van der Waals surface area contributed by atoms with E-state index in [9.17, 15) is 9.59 Å². The maximum absolute atomic E-state index is 12.3. The van der Waals surface area contributed by atoms with Crippen LogP contribution < -0.4 is 5.32 Å². The molecule has 0 aromatic carbocycles. The summed E-state index contributed by atoms with van der Waals surface area (Å²) in [4.78, 5) is 29.2. The molecule has 1 amide bonds. The summed E-state index contributed by atoms with van der Waals surface area (Å²) >= 11 is 1.58. The molecule has 1 aromatic heterocycles. The average molecular weight is 322 g/mol. The first kappa shape index (κ1) is 15.5. The van der Waals surface area contributed by atoms with E-state index >= 15 is 0 Å². The first-order valence-corrected chi connectivity index (χ1v) is 8.88. The van der Waals surface area contributed by atoms with Gasteiger partial charge in [-0.15, -0.1) is 11.3 Å². The summed E-state index contributed by atoms with van der Waals surface area (Å²) in [6, 6.07) is 0. The van der Waals surface area contributed by atoms with Gasteiger partial charge in [-0.3, -0.25) is 9.59 Å². The van der Waals surface area contributed by atoms with Gasteiger partial charge in [0.2, 0.25) is 5.91 Å². The van der Waals surface area contributed by atoms with Crippen molar-refractivity contribution < 1.29 is 14.7 Å². The largest absolute Gasteiger partial charge is 0.481 e. The summed E-state index contributed by atoms with van der Waals surface area (Å²) in [6.07, 6.45) is 8.53. The first-order chi connectivity index (χ1) is 10.6. The lowest BCUT2D eigenvalue weighted by Crippen LogP contribution is -2.27. The summed E-state index contributed by atoms with van der Waals surface area (Å²) in [5, 5.41) is 12.7. The van der Waals surface area contributed by atoms with Crippen LogP contribution in [0.25, 0.3) is 0 Å². The molecule has 22 heavy (non-hydrogen) atoms. The molecule has 0 saturated heterocycles. The van der Waals surface area contributed by atoms with Crippen LogP contribution in [0, 0.1) is 5.41 Å². The molecule has 0 spiro atoms. The Morgan fingerprint density at radius 1 is 1.14 bits per heavy atom. The van der Waals surface area contributed by atoms with Crippen molar-refractivity contribution >= 4 is 28.3 Å². The molecule has 3 rings (SSSR count). The number of carboxylic acid groups (broad SMARTS) is 1. The Morgan fingerprint density at radius 2 is 1.86 bits per heavy atom. The number of carbonyl (C=O) groups is 2. The molecule has 2 N–H and O–H groups in total. The van der Waals surface area contributed by atoms with E-state index in [2.05, 4.69) is 10.3 Å². The highest BCUT2D eigenvalue weighted by Gasteiger charge is 2.38. The number of fused-ring (bicyclic) bond motifs is 1. The molecule has 2 aliphatic rings. The molecule has 0 bridgehead atoms. The Bertz CT molecular complexity index is 552. The third-order valence-corrected chi connectivity index (χ3v) is 5.89. The van der Waals surface area contributed by atoms with E-state index < -0.39 is 5.97 Å². The van der Waals surface area contributed by atoms with Crippen LogP contribution in [0.3, 0.4) is 0 Å². The molecule has 1 heterocycles. The number of hydrogen-bond acceptors (Lipinski definition) is 4. The zero-order chi connectivity index (χ0) is 15.6. The average Bonchev–Trinajstić information content (AvgIpc) is 3.03. The fourth-order valence-corrected chi connectivity index (χ4v) is 4.84. The Balaban J connectivity index is 1.63. The van der Waals surface area contributed by atoms with Gasteiger partial charge in [-0.2, -0.15) is 0 Å². The molecule has 6 heteroatoms. The summed E-state index contributed by atoms with van der Waals surface area (Å²) in [5.41, 5.74) is 0.778. The number of carbonyl (C=O) groups excluding carboxylic acids is 1. The van der Waals surface area contributed by atoms with Crippen LogP contribution in [0.4, 0.5) is 5.13 Å². The number of aryl methyl sites for hydroxylation is 2. The topological polar surface area (TPSA) is 79.3 Å². The van der Waals surface area contributed by atoms with Crippen molar-refractivity contribution in [2.24, 2.45) is 5.41 Å². The van der Waals surface area contributed by atoms with Crippen LogP contribution in [0.15, 0.2) is 0 Å². The number of amides is 1. The number of hydrogen-bond donors (Lipinski definition) is 2. The summed E-state index contributed by atoms with van der Waals surface area (Å²) in [5.74, 6) is -0.895. The number of anilines is 1. The van der Waals surface area contributed by atoms with Gasteiger partial charge in [-0.1, -0.05) is 12.8 Å². The minimum absolute atomic E-state index is 0.0887. The molecular weight excluding hydrogens is 300 g/mol. The van der Waals surface area contributed by atoms with Gasteiger partial charge in [-0.25, -0.2) is 4.98 Å². The van der Waals surface area contributed by atoms with Crippen LogP contribution in [-0.2, 0) is 22.4 Å². The van der Waals surface area contributed by atoms with E-state index in [-0.39, 0.29) is 17.7 Å². The molecule has 2 aliphatic carbocycles. The van der Waals surface area contributed by atoms with Crippen LogP contribution in [-0.4, -0.2) is 22.0 Å². The van der Waals surface area contributed by atoms with Gasteiger partial charge in [0.15, 0.2) is 5.13 Å². The van der Waals surface area contributed by atoms with Crippen LogP contribution >= 0.6 is 11.3 Å². The second kappa shape index (κ2) is 6.36. The number of thiazole rings is 1. The first-order valence-electron chi connectivity index (χ1n) is 8.07. The summed E-state index contributed by atoms with van der Waals surface area (Å²) in [7, 11) is 0. The van der Waals surface area contributed by atoms with Gasteiger partial charge in [-0.05, 0) is 43.9 Å². The lowest BCUT2D eigenvalue weighted by molar-refractivity contribution is -0.140. The van der Waals surface area contributed by atoms with Gasteiger partial charge in [0.05, 0.1) is 12.1 Å². The number of carboxylic acids is 1. The van der Waals surface area contributed by atoms with E-state index in [4.69, 9.17) is 5.11 Å². The van der Waals surface area contributed by atoms with E-state index in [1.165, 1.54) is 17.7 Å². The smallest absolute Gasteiger partial charge is 0.303 e. The minimum Gasteiger partial charge on any atom is -0.481 e. The second-order valence-corrected chi connectivity index (χ2v) is 7.68. The maximum Gasteiger partial charge on any atom is 0.303 e. The third kappa shape index (κ3) is 3.48. The molecule has 5 nitrogen and oxygen atoms in total. The zero-order valence-corrected chi connectivity index (χ0v) is 13.5. The molecule has 120 valence electrons. The summed E-state index contributed by atoms with van der Waals surface area (Å²) in [6.45, 7) is 0. The normalized spacial score (nSPS) is 19.6. The number of nitrogens with one attached hydrogen (secondary N) is 1. The third-order valence-electron chi connectivity index (χ3n) is 4.82. The molecule has 1 saturated carbocycles. The van der Waals surface area contributed by atoms with Gasteiger partial charge < -0.3 is 10.4 Å². The molecule has 0 aliphatic heterocycles. The number of aliphatic carboxylic acids is 1. The highest BCUT2D eigenvalue weighted by atomic mass is 32.1. The van der Waals surface area contributed by atoms with Crippen molar-refractivity contribution in [3.05, 3.63) is 10.6 Å². The monoisotopic (exact) mass is 322 g/mol. The fourth-order valence-electron chi connectivity index (χ4n) is 3.77. The van der Waals surface area contributed by atoms with E-state index in [0.29, 0.717) is 11.6 Å². The van der Waals surface area contributed by atoms with Crippen LogP contribution in [0.2, 0.25) is 0 Å². The van der Waals surface area contributed by atoms with Crippen LogP contribution in [0.5, 0.6) is 0 Å². The molecule has 1 fully saturated rings. The lowest BCUT2D eigenvalue weighted by Gasteiger charge is -2.25. The van der Waals surface area contributed by atoms with Gasteiger partial charge in [0.1, 0.15) is 0 Å². The number of aromatic nitrogens is 1. The highest BCUT2D eigenvalue weighted by molar-refractivity contribution is 7.15. The van der Waals surface area contributed by atoms with Crippen molar-refractivity contribution in [2.45, 2.75) is 64.2 Å². The number of nitrogens with zero attached hydrogens (tertiary/aromatic N) is 1. The second-order valence-electron chi connectivity index (χ2n) is 6.60. The molecule has 0 radical (unpaired) electrons. The summed E-state index contributed by atoms with van der Waals surface area (Å²) < 4.78 is 0. The standard InChI is InChI=1S/C16H22N2O3S/c19-13(9-16(10-14(20)21)7-3-4-8-16)18-15-17-11-5-1-2-6-12(11)22-15/h1-10H2,(H,20,21)(H,17,18,19). The van der Waals surface area contributed by atoms with Gasteiger partial charge in [0, 0.05) is 11.3 Å². The Morgan fingerprint density at radius 3 is 2.55 bits per heavy atom. The quantitative estimate of drug-likeness (QED) is 0.871. The molecular formula is C16H22N2O3S. The predicted molar refractivity (Wildman–Crippen MR) is 85.2 cm³/mol. The molecule has 0 atom stereocenters. The SMILES string of the molecule is O=C(O)CC1(CC(=O)Nc2nc3c(s2)CCCC3)CCCC1. The van der Waals surface area contributed by atoms with Crippen molar-refractivity contribution in [3.63, 3.8) is 0 Å².